The van der Waals surface area contributed by atoms with Gasteiger partial charge in [0.1, 0.15) is 16.9 Å². The molecule has 700 valence electrons. The highest BCUT2D eigenvalue weighted by Crippen LogP contribution is 2.50. The molecule has 0 unspecified atom stereocenters. The van der Waals surface area contributed by atoms with Crippen molar-refractivity contribution in [3.63, 3.8) is 0 Å². The number of aromatic nitrogens is 12. The summed E-state index contributed by atoms with van der Waals surface area (Å²) in [6.45, 7) is 0. The van der Waals surface area contributed by atoms with Crippen molar-refractivity contribution in [1.29, 1.82) is 0 Å². The predicted molar refractivity (Wildman–Crippen MR) is 621 cm³/mol. The first-order chi connectivity index (χ1) is 74.4. The Balaban J connectivity index is 0.000000106. The molecule has 0 aliphatic rings. The molecule has 0 atom stereocenters. The molecule has 0 saturated carbocycles. The van der Waals surface area contributed by atoms with Gasteiger partial charge in [0.2, 0.25) is 0 Å². The van der Waals surface area contributed by atoms with E-state index in [9.17, 15) is 0 Å². The lowest BCUT2D eigenvalue weighted by Crippen LogP contribution is -2.04. The number of para-hydroxylation sites is 9. The zero-order valence-corrected chi connectivity index (χ0v) is 81.5. The maximum atomic E-state index is 6.88. The van der Waals surface area contributed by atoms with Crippen LogP contribution in [0.1, 0.15) is 0 Å². The summed E-state index contributed by atoms with van der Waals surface area (Å²) in [5.74, 6) is 4.62. The number of rotatable bonds is 13. The Labute approximate surface area is 863 Å². The minimum Gasteiger partial charge on any atom is -0.455 e. The number of furan rings is 1. The number of nitrogens with zero attached hydrogens (tertiary/aromatic N) is 12. The van der Waals surface area contributed by atoms with Crippen molar-refractivity contribution in [1.82, 2.24) is 58.1 Å². The van der Waals surface area contributed by atoms with E-state index >= 15 is 0 Å². The Morgan fingerprint density at radius 2 is 0.533 bits per heavy atom. The molecule has 22 aromatic carbocycles. The molecular weight excluding hydrogens is 1850 g/mol. The molecule has 0 aliphatic heterocycles. The summed E-state index contributed by atoms with van der Waals surface area (Å²) in [6, 6.07) is 179. The number of fused-ring (bicyclic) bond motifs is 22. The molecule has 0 amide bonds. The average Bonchev–Trinajstić information content (AvgIpc) is 1.54. The van der Waals surface area contributed by atoms with Crippen molar-refractivity contribution in [2.75, 3.05) is 0 Å². The average molecular weight is 1930 g/mol. The second kappa shape index (κ2) is 36.1. The lowest BCUT2D eigenvalue weighted by Gasteiger charge is -2.14. The molecule has 0 aliphatic carbocycles. The molecule has 9 heterocycles. The van der Waals surface area contributed by atoms with Crippen LogP contribution in [0.5, 0.6) is 0 Å². The summed E-state index contributed by atoms with van der Waals surface area (Å²) in [7, 11) is 0. The number of thiophene rings is 1. The van der Waals surface area contributed by atoms with Gasteiger partial charge in [-0.2, -0.15) is 0 Å². The second-order valence-electron chi connectivity index (χ2n) is 37.9. The quantitative estimate of drug-likeness (QED) is 0.110. The minimum atomic E-state index is 0.569. The summed E-state index contributed by atoms with van der Waals surface area (Å²) in [6.07, 6.45) is 0. The monoisotopic (exact) mass is 1930 g/mol. The predicted octanol–water partition coefficient (Wildman–Crippen LogP) is 35.3. The van der Waals surface area contributed by atoms with Crippen molar-refractivity contribution in [3.8, 4) is 125 Å². The van der Waals surface area contributed by atoms with Crippen LogP contribution in [-0.4, -0.2) is 58.1 Å². The van der Waals surface area contributed by atoms with E-state index in [1.165, 1.54) is 124 Å². The normalized spacial score (nSPS) is 11.7. The van der Waals surface area contributed by atoms with Gasteiger partial charge in [0, 0.05) is 130 Å². The molecule has 31 aromatic rings. The van der Waals surface area contributed by atoms with Crippen molar-refractivity contribution in [2.45, 2.75) is 0 Å². The van der Waals surface area contributed by atoms with Crippen molar-refractivity contribution in [3.05, 3.63) is 510 Å². The fraction of sp³-hybridized carbons (Fsp3) is 0. The molecular formula is C136H84N12OS. The van der Waals surface area contributed by atoms with E-state index in [0.29, 0.717) is 34.9 Å². The molecule has 0 N–H and O–H groups in total. The van der Waals surface area contributed by atoms with Crippen LogP contribution in [0.4, 0.5) is 0 Å². The van der Waals surface area contributed by atoms with Gasteiger partial charge in [-0.05, 0) is 160 Å². The van der Waals surface area contributed by atoms with Crippen LogP contribution < -0.4 is 0 Å². The van der Waals surface area contributed by atoms with E-state index in [4.69, 9.17) is 44.3 Å². The molecule has 31 rings (SSSR count). The van der Waals surface area contributed by atoms with E-state index in [0.717, 1.165) is 128 Å². The molecule has 9 aromatic heterocycles. The van der Waals surface area contributed by atoms with E-state index in [-0.39, 0.29) is 0 Å². The van der Waals surface area contributed by atoms with Gasteiger partial charge in [-0.25, -0.2) is 39.9 Å². The van der Waals surface area contributed by atoms with Gasteiger partial charge in [-0.15, -0.1) is 11.3 Å². The van der Waals surface area contributed by atoms with Crippen LogP contribution in [-0.2, 0) is 0 Å². The van der Waals surface area contributed by atoms with Crippen molar-refractivity contribution >= 4 is 173 Å². The maximum absolute atomic E-state index is 6.88. The van der Waals surface area contributed by atoms with Gasteiger partial charge in [0.25, 0.3) is 0 Å². The Hall–Kier alpha value is -20.1. The summed E-state index contributed by atoms with van der Waals surface area (Å²) >= 11 is 1.81. The standard InChI is InChI=1S/C46H28N4.C45H28N4O.C45H28N4S/c1-2-14-31(15-3-1)45-46(48-39-20-10-9-19-38(39)47-45)50-41-25-23-30-13-6-7-17-34(30)44(41)37-27-36-35-18-8-11-21-40(35)49(42(36)28-43(37)50)33-24-22-29-12-4-5-16-32(29)26-33;2*1-4-14-29(15-5-1)43-46-44(30-16-6-2-7-17-30)48-45(47-43)37-24-13-23-36-35-22-12-21-33(41(35)50-42(36)37)31-26-27-40-38(28-31)34-20-10-11-25-39(34)49(40)32-18-8-3-9-19-32/h3*1-28H. The lowest BCUT2D eigenvalue weighted by atomic mass is 10.00. The van der Waals surface area contributed by atoms with Gasteiger partial charge in [-0.3, -0.25) is 4.57 Å². The third kappa shape index (κ3) is 14.7. The van der Waals surface area contributed by atoms with Crippen LogP contribution >= 0.6 is 11.3 Å². The molecule has 0 fully saturated rings. The highest BCUT2D eigenvalue weighted by atomic mass is 32.1. The highest BCUT2D eigenvalue weighted by molar-refractivity contribution is 7.26. The van der Waals surface area contributed by atoms with Gasteiger partial charge < -0.3 is 18.1 Å². The van der Waals surface area contributed by atoms with Crippen molar-refractivity contribution < 1.29 is 4.42 Å². The van der Waals surface area contributed by atoms with Gasteiger partial charge >= 0.3 is 0 Å². The fourth-order valence-electron chi connectivity index (χ4n) is 22.3. The summed E-state index contributed by atoms with van der Waals surface area (Å²) in [5, 5.41) is 19.2. The summed E-state index contributed by atoms with van der Waals surface area (Å²) in [5.41, 5.74) is 28.1. The maximum Gasteiger partial charge on any atom is 0.167 e. The number of hydrogen-bond donors (Lipinski definition) is 0. The molecule has 0 bridgehead atoms. The molecule has 0 radical (unpaired) electrons. The lowest BCUT2D eigenvalue weighted by molar-refractivity contribution is 0.670. The third-order valence-electron chi connectivity index (χ3n) is 29.2. The molecule has 150 heavy (non-hydrogen) atoms. The van der Waals surface area contributed by atoms with Gasteiger partial charge in [0.05, 0.1) is 60.7 Å². The first-order valence-electron chi connectivity index (χ1n) is 50.4. The van der Waals surface area contributed by atoms with Gasteiger partial charge in [0.15, 0.2) is 40.8 Å². The number of benzene rings is 22. The van der Waals surface area contributed by atoms with E-state index < -0.39 is 0 Å². The molecule has 14 heteroatoms. The van der Waals surface area contributed by atoms with Gasteiger partial charge in [-0.1, -0.05) is 388 Å². The molecule has 0 saturated heterocycles. The van der Waals surface area contributed by atoms with E-state index in [1.54, 1.807) is 0 Å². The Morgan fingerprint density at radius 3 is 1.07 bits per heavy atom. The third-order valence-corrected chi connectivity index (χ3v) is 30.5. The Kier molecular flexibility index (Phi) is 20.8. The van der Waals surface area contributed by atoms with Crippen LogP contribution in [0.2, 0.25) is 0 Å². The Bertz CT molecular complexity index is 10300. The van der Waals surface area contributed by atoms with E-state index in [1.807, 2.05) is 163 Å². The smallest absolute Gasteiger partial charge is 0.167 e. The largest absolute Gasteiger partial charge is 0.455 e. The number of hydrogen-bond acceptors (Lipinski definition) is 10. The fourth-order valence-corrected chi connectivity index (χ4v) is 23.6. The molecule has 0 spiro atoms. The zero-order chi connectivity index (χ0) is 98.8. The SMILES string of the molecule is c1ccc(-c2nc(-c3ccccc3)nc(-c3cccc4c3oc3c(-c5ccc6c(c5)c5ccccc5n6-c5ccccc5)cccc34)n2)cc1.c1ccc(-c2nc(-c3ccccc3)nc(-c3cccc4c3sc3c(-c5ccc6c(c5)c5ccccc5n6-c5ccccc5)cccc34)n2)cc1.c1ccc(-c2nc3ccccc3nc2-n2c3cc4c(cc3c3c5ccccc5ccc32)c2ccccc2n4-c2ccc3ccccc3c2)cc1. The zero-order valence-electron chi connectivity index (χ0n) is 80.7. The minimum absolute atomic E-state index is 0.569. The second-order valence-corrected chi connectivity index (χ2v) is 38.9. The van der Waals surface area contributed by atoms with Crippen LogP contribution in [0.3, 0.4) is 0 Å². The van der Waals surface area contributed by atoms with Crippen LogP contribution in [0.25, 0.3) is 287 Å². The molecule has 13 nitrogen and oxygen atoms in total. The van der Waals surface area contributed by atoms with Crippen LogP contribution in [0.15, 0.2) is 514 Å². The van der Waals surface area contributed by atoms with Crippen molar-refractivity contribution in [2.24, 2.45) is 0 Å². The first kappa shape index (κ1) is 86.6. The summed E-state index contributed by atoms with van der Waals surface area (Å²) in [4.78, 5) is 40.7. The van der Waals surface area contributed by atoms with E-state index in [2.05, 4.69) is 376 Å². The summed E-state index contributed by atoms with van der Waals surface area (Å²) < 4.78 is 18.8. The first-order valence-corrected chi connectivity index (χ1v) is 51.2. The Morgan fingerprint density at radius 1 is 0.173 bits per heavy atom. The highest BCUT2D eigenvalue weighted by Gasteiger charge is 2.28. The topological polar surface area (TPSA) is 136 Å². The van der Waals surface area contributed by atoms with Crippen LogP contribution in [0, 0.1) is 0 Å².